The average molecular weight is 343 g/mol. The number of carbonyl (C=O) groups is 1. The fourth-order valence-electron chi connectivity index (χ4n) is 3.36. The van der Waals surface area contributed by atoms with Gasteiger partial charge in [0.25, 0.3) is 5.91 Å². The van der Waals surface area contributed by atoms with Gasteiger partial charge in [0, 0.05) is 19.2 Å². The van der Waals surface area contributed by atoms with E-state index in [4.69, 9.17) is 13.9 Å². The number of methoxy groups -OCH3 is 2. The molecule has 1 fully saturated rings. The van der Waals surface area contributed by atoms with E-state index in [1.54, 1.807) is 32.6 Å². The maximum Gasteiger partial charge on any atom is 0.289 e. The summed E-state index contributed by atoms with van der Waals surface area (Å²) in [5.74, 6) is 2.72. The molecule has 1 amide bonds. The van der Waals surface area contributed by atoms with Gasteiger partial charge >= 0.3 is 0 Å². The zero-order chi connectivity index (χ0) is 17.6. The lowest BCUT2D eigenvalue weighted by molar-refractivity contribution is 0.0655. The van der Waals surface area contributed by atoms with E-state index in [9.17, 15) is 4.79 Å². The predicted octanol–water partition coefficient (Wildman–Crippen LogP) is 3.78. The minimum absolute atomic E-state index is 0.000909. The molecule has 0 radical (unpaired) electrons. The van der Waals surface area contributed by atoms with E-state index in [1.165, 1.54) is 5.56 Å². The molecule has 0 unspecified atom stereocenters. The van der Waals surface area contributed by atoms with Crippen LogP contribution in [0.5, 0.6) is 11.5 Å². The molecule has 2 aromatic rings. The Labute approximate surface area is 148 Å². The Morgan fingerprint density at radius 2 is 1.84 bits per heavy atom. The summed E-state index contributed by atoms with van der Waals surface area (Å²) >= 11 is 0. The Morgan fingerprint density at radius 3 is 2.40 bits per heavy atom. The van der Waals surface area contributed by atoms with Crippen LogP contribution < -0.4 is 9.47 Å². The van der Waals surface area contributed by atoms with E-state index in [0.29, 0.717) is 11.7 Å². The van der Waals surface area contributed by atoms with Gasteiger partial charge in [0.1, 0.15) is 11.5 Å². The van der Waals surface area contributed by atoms with Crippen molar-refractivity contribution in [3.05, 3.63) is 47.9 Å². The molecule has 0 aliphatic carbocycles. The molecule has 1 aromatic heterocycles. The normalized spacial score (nSPS) is 15.2. The van der Waals surface area contributed by atoms with Crippen molar-refractivity contribution in [3.63, 3.8) is 0 Å². The fraction of sp³-hybridized carbons (Fsp3) is 0.450. The van der Waals surface area contributed by atoms with Crippen LogP contribution in [-0.2, 0) is 6.42 Å². The molecule has 134 valence electrons. The number of carbonyl (C=O) groups excluding carboxylic acids is 1. The first-order chi connectivity index (χ1) is 12.2. The second-order valence-electron chi connectivity index (χ2n) is 6.47. The van der Waals surface area contributed by atoms with Crippen LogP contribution in [-0.4, -0.2) is 38.1 Å². The SMILES string of the molecule is COc1cc(CCC2CCN(C(=O)c3ccco3)CC2)cc(OC)c1. The Kier molecular flexibility index (Phi) is 5.64. The van der Waals surface area contributed by atoms with Crippen molar-refractivity contribution >= 4 is 5.91 Å². The number of furan rings is 1. The third-order valence-electron chi connectivity index (χ3n) is 4.89. The number of aryl methyl sites for hydroxylation is 1. The number of amides is 1. The third kappa shape index (κ3) is 4.35. The quantitative estimate of drug-likeness (QED) is 0.801. The molecule has 2 heterocycles. The lowest BCUT2D eigenvalue weighted by atomic mass is 9.90. The summed E-state index contributed by atoms with van der Waals surface area (Å²) in [5, 5.41) is 0. The number of hydrogen-bond donors (Lipinski definition) is 0. The minimum Gasteiger partial charge on any atom is -0.497 e. The first-order valence-corrected chi connectivity index (χ1v) is 8.74. The van der Waals surface area contributed by atoms with Gasteiger partial charge in [-0.15, -0.1) is 0 Å². The standard InChI is InChI=1S/C20H25NO4/c1-23-17-12-16(13-18(14-17)24-2)6-5-15-7-9-21(10-8-15)20(22)19-4-3-11-25-19/h3-4,11-15H,5-10H2,1-2H3. The first kappa shape index (κ1) is 17.4. The molecule has 0 bridgehead atoms. The molecule has 1 saturated heterocycles. The predicted molar refractivity (Wildman–Crippen MR) is 95.2 cm³/mol. The zero-order valence-corrected chi connectivity index (χ0v) is 14.9. The maximum absolute atomic E-state index is 12.3. The summed E-state index contributed by atoms with van der Waals surface area (Å²) in [4.78, 5) is 14.2. The van der Waals surface area contributed by atoms with Crippen molar-refractivity contribution in [3.8, 4) is 11.5 Å². The monoisotopic (exact) mass is 343 g/mol. The van der Waals surface area contributed by atoms with Crippen molar-refractivity contribution in [1.29, 1.82) is 0 Å². The summed E-state index contributed by atoms with van der Waals surface area (Å²) < 4.78 is 15.9. The summed E-state index contributed by atoms with van der Waals surface area (Å²) in [6, 6.07) is 9.51. The molecule has 0 atom stereocenters. The molecule has 5 nitrogen and oxygen atoms in total. The molecule has 5 heteroatoms. The number of nitrogens with zero attached hydrogens (tertiary/aromatic N) is 1. The Morgan fingerprint density at radius 1 is 1.16 bits per heavy atom. The van der Waals surface area contributed by atoms with Gasteiger partial charge in [-0.25, -0.2) is 0 Å². The van der Waals surface area contributed by atoms with Crippen LogP contribution in [0.1, 0.15) is 35.4 Å². The van der Waals surface area contributed by atoms with Crippen LogP contribution in [0.2, 0.25) is 0 Å². The highest BCUT2D eigenvalue weighted by molar-refractivity contribution is 5.91. The van der Waals surface area contributed by atoms with Crippen LogP contribution in [0.4, 0.5) is 0 Å². The van der Waals surface area contributed by atoms with Gasteiger partial charge in [0.05, 0.1) is 20.5 Å². The van der Waals surface area contributed by atoms with Crippen LogP contribution >= 0.6 is 0 Å². The van der Waals surface area contributed by atoms with Crippen LogP contribution in [0, 0.1) is 5.92 Å². The van der Waals surface area contributed by atoms with E-state index < -0.39 is 0 Å². The number of rotatable bonds is 6. The van der Waals surface area contributed by atoms with E-state index in [-0.39, 0.29) is 5.91 Å². The smallest absolute Gasteiger partial charge is 0.289 e. The maximum atomic E-state index is 12.3. The Balaban J connectivity index is 1.50. The van der Waals surface area contributed by atoms with Crippen molar-refractivity contribution in [2.45, 2.75) is 25.7 Å². The Hall–Kier alpha value is -2.43. The summed E-state index contributed by atoms with van der Waals surface area (Å²) in [7, 11) is 3.34. The summed E-state index contributed by atoms with van der Waals surface area (Å²) in [6.07, 6.45) is 5.72. The summed E-state index contributed by atoms with van der Waals surface area (Å²) in [6.45, 7) is 1.59. The highest BCUT2D eigenvalue weighted by Gasteiger charge is 2.24. The first-order valence-electron chi connectivity index (χ1n) is 8.74. The van der Waals surface area contributed by atoms with Crippen LogP contribution in [0.3, 0.4) is 0 Å². The van der Waals surface area contributed by atoms with Crippen LogP contribution in [0.25, 0.3) is 0 Å². The zero-order valence-electron chi connectivity index (χ0n) is 14.9. The van der Waals surface area contributed by atoms with Gasteiger partial charge in [-0.05, 0) is 61.4 Å². The van der Waals surface area contributed by atoms with Crippen molar-refractivity contribution in [1.82, 2.24) is 4.90 Å². The van der Waals surface area contributed by atoms with Gasteiger partial charge in [-0.2, -0.15) is 0 Å². The van der Waals surface area contributed by atoms with Crippen molar-refractivity contribution in [2.75, 3.05) is 27.3 Å². The molecule has 25 heavy (non-hydrogen) atoms. The molecule has 3 rings (SSSR count). The highest BCUT2D eigenvalue weighted by Crippen LogP contribution is 2.27. The number of piperidine rings is 1. The number of benzene rings is 1. The van der Waals surface area contributed by atoms with Crippen molar-refractivity contribution < 1.29 is 18.7 Å². The number of hydrogen-bond acceptors (Lipinski definition) is 4. The number of likely N-dealkylation sites (tertiary alicyclic amines) is 1. The molecule has 1 aliphatic heterocycles. The van der Waals surface area contributed by atoms with E-state index in [1.807, 2.05) is 11.0 Å². The fourth-order valence-corrected chi connectivity index (χ4v) is 3.36. The molecular formula is C20H25NO4. The number of ether oxygens (including phenoxy) is 2. The molecule has 0 N–H and O–H groups in total. The van der Waals surface area contributed by atoms with Crippen LogP contribution in [0.15, 0.2) is 41.0 Å². The molecular weight excluding hydrogens is 318 g/mol. The average Bonchev–Trinajstić information content (AvgIpc) is 3.20. The van der Waals surface area contributed by atoms with Gasteiger partial charge in [0.2, 0.25) is 0 Å². The second-order valence-corrected chi connectivity index (χ2v) is 6.47. The van der Waals surface area contributed by atoms with E-state index in [0.717, 1.165) is 50.3 Å². The second kappa shape index (κ2) is 8.10. The molecule has 0 saturated carbocycles. The topological polar surface area (TPSA) is 51.9 Å². The van der Waals surface area contributed by atoms with Gasteiger partial charge in [0.15, 0.2) is 5.76 Å². The van der Waals surface area contributed by atoms with Crippen molar-refractivity contribution in [2.24, 2.45) is 5.92 Å². The van der Waals surface area contributed by atoms with Gasteiger partial charge < -0.3 is 18.8 Å². The van der Waals surface area contributed by atoms with E-state index >= 15 is 0 Å². The van der Waals surface area contributed by atoms with E-state index in [2.05, 4.69) is 12.1 Å². The highest BCUT2D eigenvalue weighted by atomic mass is 16.5. The molecule has 1 aromatic carbocycles. The lowest BCUT2D eigenvalue weighted by Crippen LogP contribution is -2.38. The van der Waals surface area contributed by atoms with Gasteiger partial charge in [-0.1, -0.05) is 0 Å². The van der Waals surface area contributed by atoms with Gasteiger partial charge in [-0.3, -0.25) is 4.79 Å². The largest absolute Gasteiger partial charge is 0.497 e. The summed E-state index contributed by atoms with van der Waals surface area (Å²) in [5.41, 5.74) is 1.23. The molecule has 1 aliphatic rings. The lowest BCUT2D eigenvalue weighted by Gasteiger charge is -2.31. The minimum atomic E-state index is 0.000909. The molecule has 0 spiro atoms. The Bertz CT molecular complexity index is 665. The third-order valence-corrected chi connectivity index (χ3v) is 4.89.